The predicted octanol–water partition coefficient (Wildman–Crippen LogP) is 1.60. The van der Waals surface area contributed by atoms with Gasteiger partial charge in [-0.25, -0.2) is 9.67 Å². The van der Waals surface area contributed by atoms with Crippen molar-refractivity contribution < 1.29 is 9.53 Å². The number of aromatic nitrogens is 3. The third-order valence-corrected chi connectivity index (χ3v) is 3.64. The summed E-state index contributed by atoms with van der Waals surface area (Å²) in [4.78, 5) is 16.2. The van der Waals surface area contributed by atoms with E-state index < -0.39 is 0 Å². The summed E-state index contributed by atoms with van der Waals surface area (Å²) in [6.45, 7) is 0.573. The maximum absolute atomic E-state index is 11.6. The van der Waals surface area contributed by atoms with Gasteiger partial charge in [-0.15, -0.1) is 0 Å². The van der Waals surface area contributed by atoms with Crippen LogP contribution in [0.3, 0.4) is 0 Å². The smallest absolute Gasteiger partial charge is 0.310 e. The highest BCUT2D eigenvalue weighted by Gasteiger charge is 2.27. The molecular weight excluding hydrogens is 254 g/mol. The minimum atomic E-state index is -0.157. The molecule has 2 heterocycles. The van der Waals surface area contributed by atoms with Crippen LogP contribution in [0.1, 0.15) is 23.6 Å². The lowest BCUT2D eigenvalue weighted by Gasteiger charge is -2.19. The third-order valence-electron chi connectivity index (χ3n) is 3.64. The largest absolute Gasteiger partial charge is 0.469 e. The molecule has 5 heteroatoms. The first-order valence-corrected chi connectivity index (χ1v) is 6.80. The number of carbonyl (C=O) groups excluding carboxylic acids is 1. The summed E-state index contributed by atoms with van der Waals surface area (Å²) in [5, 5.41) is 4.51. The van der Waals surface area contributed by atoms with Gasteiger partial charge < -0.3 is 4.74 Å². The van der Waals surface area contributed by atoms with Crippen LogP contribution in [0.25, 0.3) is 0 Å². The zero-order valence-electron chi connectivity index (χ0n) is 11.5. The van der Waals surface area contributed by atoms with Crippen molar-refractivity contribution in [2.24, 2.45) is 5.92 Å². The van der Waals surface area contributed by atoms with Crippen LogP contribution in [0, 0.1) is 5.92 Å². The number of carbonyl (C=O) groups is 1. The van der Waals surface area contributed by atoms with Crippen LogP contribution < -0.4 is 0 Å². The number of benzene rings is 1. The van der Waals surface area contributed by atoms with Crippen molar-refractivity contribution in [2.45, 2.75) is 25.8 Å². The monoisotopic (exact) mass is 271 g/mol. The van der Waals surface area contributed by atoms with Gasteiger partial charge in [-0.2, -0.15) is 5.10 Å². The molecule has 0 saturated heterocycles. The fourth-order valence-electron chi connectivity index (χ4n) is 2.57. The van der Waals surface area contributed by atoms with Gasteiger partial charge in [0.2, 0.25) is 0 Å². The normalized spacial score (nSPS) is 17.6. The number of esters is 1. The SMILES string of the molecule is COC(=O)C1CCc2nc(Cc3ccccc3)nn2C1. The second kappa shape index (κ2) is 5.45. The average molecular weight is 271 g/mol. The van der Waals surface area contributed by atoms with E-state index in [9.17, 15) is 4.79 Å². The van der Waals surface area contributed by atoms with Crippen molar-refractivity contribution in [2.75, 3.05) is 7.11 Å². The lowest BCUT2D eigenvalue weighted by molar-refractivity contribution is -0.146. The molecule has 1 aromatic carbocycles. The Balaban J connectivity index is 1.75. The molecule has 1 aliphatic rings. The Kier molecular flexibility index (Phi) is 3.50. The van der Waals surface area contributed by atoms with E-state index in [0.29, 0.717) is 6.54 Å². The van der Waals surface area contributed by atoms with Gasteiger partial charge in [0.15, 0.2) is 5.82 Å². The fourth-order valence-corrected chi connectivity index (χ4v) is 2.57. The van der Waals surface area contributed by atoms with Gasteiger partial charge in [-0.3, -0.25) is 4.79 Å². The number of methoxy groups -OCH3 is 1. The predicted molar refractivity (Wildman–Crippen MR) is 73.1 cm³/mol. The number of ether oxygens (including phenoxy) is 1. The van der Waals surface area contributed by atoms with Gasteiger partial charge >= 0.3 is 5.97 Å². The van der Waals surface area contributed by atoms with Crippen LogP contribution in [0.4, 0.5) is 0 Å². The van der Waals surface area contributed by atoms with Crippen LogP contribution in [0.15, 0.2) is 30.3 Å². The molecule has 0 radical (unpaired) electrons. The molecule has 0 N–H and O–H groups in total. The summed E-state index contributed by atoms with van der Waals surface area (Å²) in [5.41, 5.74) is 1.19. The van der Waals surface area contributed by atoms with Crippen molar-refractivity contribution in [3.05, 3.63) is 47.5 Å². The molecule has 1 aliphatic heterocycles. The number of hydrogen-bond donors (Lipinski definition) is 0. The van der Waals surface area contributed by atoms with Gasteiger partial charge in [-0.05, 0) is 12.0 Å². The molecule has 1 atom stereocenters. The van der Waals surface area contributed by atoms with E-state index in [4.69, 9.17) is 4.74 Å². The Bertz CT molecular complexity index is 607. The van der Waals surface area contributed by atoms with Crippen LogP contribution in [-0.4, -0.2) is 27.8 Å². The Morgan fingerprint density at radius 3 is 2.95 bits per heavy atom. The molecule has 3 rings (SSSR count). The molecule has 0 amide bonds. The third kappa shape index (κ3) is 2.57. The van der Waals surface area contributed by atoms with Gasteiger partial charge in [-0.1, -0.05) is 30.3 Å². The summed E-state index contributed by atoms with van der Waals surface area (Å²) in [5.74, 6) is 1.53. The maximum atomic E-state index is 11.6. The van der Waals surface area contributed by atoms with Crippen LogP contribution in [0.5, 0.6) is 0 Å². The quantitative estimate of drug-likeness (QED) is 0.796. The Morgan fingerprint density at radius 2 is 2.20 bits per heavy atom. The molecule has 20 heavy (non-hydrogen) atoms. The van der Waals surface area contributed by atoms with Crippen LogP contribution in [-0.2, 0) is 28.9 Å². The van der Waals surface area contributed by atoms with Gasteiger partial charge in [0.1, 0.15) is 5.82 Å². The van der Waals surface area contributed by atoms with Crippen molar-refractivity contribution in [1.82, 2.24) is 14.8 Å². The van der Waals surface area contributed by atoms with Crippen molar-refractivity contribution in [1.29, 1.82) is 0 Å². The van der Waals surface area contributed by atoms with E-state index in [0.717, 1.165) is 30.9 Å². The zero-order valence-corrected chi connectivity index (χ0v) is 11.5. The Hall–Kier alpha value is -2.17. The molecule has 2 aromatic rings. The van der Waals surface area contributed by atoms with E-state index >= 15 is 0 Å². The molecule has 0 spiro atoms. The molecular formula is C15H17N3O2. The number of aryl methyl sites for hydroxylation is 1. The van der Waals surface area contributed by atoms with E-state index in [1.807, 2.05) is 22.9 Å². The van der Waals surface area contributed by atoms with Crippen LogP contribution in [0.2, 0.25) is 0 Å². The van der Waals surface area contributed by atoms with E-state index in [1.165, 1.54) is 12.7 Å². The first kappa shape index (κ1) is 12.8. The van der Waals surface area contributed by atoms with E-state index in [2.05, 4.69) is 22.2 Å². The Morgan fingerprint density at radius 1 is 1.40 bits per heavy atom. The second-order valence-electron chi connectivity index (χ2n) is 5.05. The number of fused-ring (bicyclic) bond motifs is 1. The second-order valence-corrected chi connectivity index (χ2v) is 5.05. The summed E-state index contributed by atoms with van der Waals surface area (Å²) in [6.07, 6.45) is 2.29. The number of rotatable bonds is 3. The minimum absolute atomic E-state index is 0.0984. The summed E-state index contributed by atoms with van der Waals surface area (Å²) in [7, 11) is 1.43. The van der Waals surface area contributed by atoms with E-state index in [-0.39, 0.29) is 11.9 Å². The first-order chi connectivity index (χ1) is 9.76. The van der Waals surface area contributed by atoms with Crippen LogP contribution >= 0.6 is 0 Å². The molecule has 5 nitrogen and oxygen atoms in total. The molecule has 104 valence electrons. The number of nitrogens with zero attached hydrogens (tertiary/aromatic N) is 3. The lowest BCUT2D eigenvalue weighted by atomic mass is 10.0. The first-order valence-electron chi connectivity index (χ1n) is 6.80. The fraction of sp³-hybridized carbons (Fsp3) is 0.400. The number of hydrogen-bond acceptors (Lipinski definition) is 4. The summed E-state index contributed by atoms with van der Waals surface area (Å²) < 4.78 is 6.66. The van der Waals surface area contributed by atoms with Gasteiger partial charge in [0.05, 0.1) is 19.6 Å². The summed E-state index contributed by atoms with van der Waals surface area (Å²) in [6, 6.07) is 10.2. The molecule has 1 aromatic heterocycles. The minimum Gasteiger partial charge on any atom is -0.469 e. The standard InChI is InChI=1S/C15H17N3O2/c1-20-15(19)12-7-8-14-16-13(17-18(14)10-12)9-11-5-3-2-4-6-11/h2-6,12H,7-10H2,1H3. The Labute approximate surface area is 117 Å². The summed E-state index contributed by atoms with van der Waals surface area (Å²) >= 11 is 0. The maximum Gasteiger partial charge on any atom is 0.310 e. The lowest BCUT2D eigenvalue weighted by Crippen LogP contribution is -2.28. The molecule has 1 unspecified atom stereocenters. The molecule has 0 aliphatic carbocycles. The van der Waals surface area contributed by atoms with Gasteiger partial charge in [0.25, 0.3) is 0 Å². The van der Waals surface area contributed by atoms with Crippen molar-refractivity contribution in [3.63, 3.8) is 0 Å². The molecule has 0 fully saturated rings. The van der Waals surface area contributed by atoms with E-state index in [1.54, 1.807) is 0 Å². The highest BCUT2D eigenvalue weighted by molar-refractivity contribution is 5.72. The topological polar surface area (TPSA) is 57.0 Å². The van der Waals surface area contributed by atoms with Crippen molar-refractivity contribution >= 4 is 5.97 Å². The molecule has 0 saturated carbocycles. The molecule has 0 bridgehead atoms. The highest BCUT2D eigenvalue weighted by Crippen LogP contribution is 2.20. The van der Waals surface area contributed by atoms with Gasteiger partial charge in [0, 0.05) is 12.8 Å². The van der Waals surface area contributed by atoms with Crippen molar-refractivity contribution in [3.8, 4) is 0 Å². The zero-order chi connectivity index (χ0) is 13.9. The highest BCUT2D eigenvalue weighted by atomic mass is 16.5. The average Bonchev–Trinajstić information content (AvgIpc) is 2.88.